The van der Waals surface area contributed by atoms with Crippen molar-refractivity contribution in [3.8, 4) is 22.3 Å². The van der Waals surface area contributed by atoms with Crippen LogP contribution in [0.3, 0.4) is 0 Å². The zero-order chi connectivity index (χ0) is 27.9. The third-order valence-electron chi connectivity index (χ3n) is 8.02. The fraction of sp³-hybridized carbons (Fsp3) is 0. The number of fused-ring (bicyclic) bond motifs is 5. The molecule has 2 nitrogen and oxygen atoms in total. The summed E-state index contributed by atoms with van der Waals surface area (Å²) in [6, 6.07) is 57.7. The van der Waals surface area contributed by atoms with Gasteiger partial charge in [0, 0.05) is 27.7 Å². The molecule has 0 N–H and O–H groups in total. The van der Waals surface area contributed by atoms with E-state index in [2.05, 4.69) is 169 Å². The summed E-state index contributed by atoms with van der Waals surface area (Å²) < 4.78 is 6.97. The highest BCUT2D eigenvalue weighted by atomic mass is 16.3. The van der Waals surface area contributed by atoms with Crippen molar-refractivity contribution in [2.24, 2.45) is 0 Å². The second-order valence-electron chi connectivity index (χ2n) is 10.6. The molecular formula is C40H27NO. The van der Waals surface area contributed by atoms with Gasteiger partial charge in [-0.1, -0.05) is 127 Å². The van der Waals surface area contributed by atoms with E-state index in [0.717, 1.165) is 50.1 Å². The molecule has 0 radical (unpaired) electrons. The Bertz CT molecular complexity index is 2180. The highest BCUT2D eigenvalue weighted by Gasteiger charge is 2.22. The number of para-hydroxylation sites is 2. The lowest BCUT2D eigenvalue weighted by atomic mass is 9.96. The summed E-state index contributed by atoms with van der Waals surface area (Å²) in [7, 11) is 0. The Balaban J connectivity index is 1.43. The van der Waals surface area contributed by atoms with Crippen molar-refractivity contribution in [2.75, 3.05) is 4.90 Å². The van der Waals surface area contributed by atoms with E-state index in [9.17, 15) is 0 Å². The smallest absolute Gasteiger partial charge is 0.159 e. The summed E-state index contributed by atoms with van der Waals surface area (Å²) in [4.78, 5) is 2.31. The second kappa shape index (κ2) is 10.1. The van der Waals surface area contributed by atoms with Crippen LogP contribution in [-0.2, 0) is 0 Å². The summed E-state index contributed by atoms with van der Waals surface area (Å²) in [5.74, 6) is 0. The molecule has 1 aromatic heterocycles. The van der Waals surface area contributed by atoms with Crippen LogP contribution in [0.5, 0.6) is 0 Å². The second-order valence-corrected chi connectivity index (χ2v) is 10.6. The van der Waals surface area contributed by atoms with Crippen molar-refractivity contribution in [3.05, 3.63) is 164 Å². The Morgan fingerprint density at radius 1 is 0.405 bits per heavy atom. The summed E-state index contributed by atoms with van der Waals surface area (Å²) in [5.41, 5.74) is 9.53. The lowest BCUT2D eigenvalue weighted by molar-refractivity contribution is 0.670. The van der Waals surface area contributed by atoms with Gasteiger partial charge >= 0.3 is 0 Å². The molecule has 7 aromatic carbocycles. The Hall–Kier alpha value is -5.60. The van der Waals surface area contributed by atoms with Crippen LogP contribution in [0.2, 0.25) is 0 Å². The molecule has 8 aromatic rings. The molecule has 0 aliphatic rings. The van der Waals surface area contributed by atoms with Gasteiger partial charge in [0.15, 0.2) is 5.58 Å². The molecule has 0 unspecified atom stereocenters. The van der Waals surface area contributed by atoms with E-state index in [4.69, 9.17) is 4.42 Å². The third kappa shape index (κ3) is 4.05. The maximum absolute atomic E-state index is 6.97. The van der Waals surface area contributed by atoms with Crippen LogP contribution in [0.15, 0.2) is 168 Å². The van der Waals surface area contributed by atoms with Crippen LogP contribution in [0.1, 0.15) is 0 Å². The van der Waals surface area contributed by atoms with Crippen LogP contribution in [0.25, 0.3) is 55.0 Å². The van der Waals surface area contributed by atoms with Crippen LogP contribution in [-0.4, -0.2) is 0 Å². The van der Waals surface area contributed by atoms with Crippen LogP contribution < -0.4 is 4.90 Å². The number of rotatable bonds is 5. The zero-order valence-corrected chi connectivity index (χ0v) is 22.9. The quantitative estimate of drug-likeness (QED) is 0.217. The summed E-state index contributed by atoms with van der Waals surface area (Å²) in [6.45, 7) is 0. The van der Waals surface area contributed by atoms with Gasteiger partial charge in [-0.05, 0) is 63.9 Å². The first-order valence-corrected chi connectivity index (χ1v) is 14.3. The standard InChI is InChI=1S/C40H27NO/c1-4-14-28(15-5-1)30-19-12-22-33(26-30)41(32-20-8-3-9-21-32)37-25-13-24-35-38-34-23-11-10-18-31(34)27-36(40(38)42-39(35)37)29-16-6-2-7-17-29/h1-27H. The third-order valence-corrected chi connectivity index (χ3v) is 8.02. The minimum Gasteiger partial charge on any atom is -0.453 e. The van der Waals surface area contributed by atoms with E-state index in [-0.39, 0.29) is 0 Å². The number of anilines is 3. The molecule has 0 amide bonds. The molecule has 1 heterocycles. The maximum Gasteiger partial charge on any atom is 0.159 e. The molecule has 0 aliphatic carbocycles. The lowest BCUT2D eigenvalue weighted by Gasteiger charge is -2.26. The predicted octanol–water partition coefficient (Wildman–Crippen LogP) is 11.5. The van der Waals surface area contributed by atoms with Gasteiger partial charge in [-0.2, -0.15) is 0 Å². The fourth-order valence-electron chi connectivity index (χ4n) is 6.10. The topological polar surface area (TPSA) is 16.4 Å². The SMILES string of the molecule is c1ccc(-c2cccc(N(c3ccccc3)c3cccc4c3oc3c(-c5ccccc5)cc5ccccc5c34)c2)cc1. The highest BCUT2D eigenvalue weighted by Crippen LogP contribution is 2.46. The summed E-state index contributed by atoms with van der Waals surface area (Å²) in [6.07, 6.45) is 0. The molecular weight excluding hydrogens is 510 g/mol. The number of hydrogen-bond acceptors (Lipinski definition) is 2. The van der Waals surface area contributed by atoms with Gasteiger partial charge in [-0.3, -0.25) is 0 Å². The number of benzene rings is 7. The van der Waals surface area contributed by atoms with Crippen molar-refractivity contribution < 1.29 is 4.42 Å². The van der Waals surface area contributed by atoms with Crippen molar-refractivity contribution in [1.29, 1.82) is 0 Å². The van der Waals surface area contributed by atoms with Gasteiger partial charge in [0.25, 0.3) is 0 Å². The summed E-state index contributed by atoms with van der Waals surface area (Å²) in [5, 5.41) is 4.65. The number of furan rings is 1. The summed E-state index contributed by atoms with van der Waals surface area (Å²) >= 11 is 0. The van der Waals surface area contributed by atoms with Crippen molar-refractivity contribution in [2.45, 2.75) is 0 Å². The van der Waals surface area contributed by atoms with E-state index in [1.165, 1.54) is 21.9 Å². The van der Waals surface area contributed by atoms with Gasteiger partial charge in [-0.15, -0.1) is 0 Å². The molecule has 8 rings (SSSR count). The molecule has 0 aliphatic heterocycles. The van der Waals surface area contributed by atoms with E-state index in [1.54, 1.807) is 0 Å². The molecule has 0 saturated heterocycles. The largest absolute Gasteiger partial charge is 0.453 e. The maximum atomic E-state index is 6.97. The number of hydrogen-bond donors (Lipinski definition) is 0. The molecule has 2 heteroatoms. The fourth-order valence-corrected chi connectivity index (χ4v) is 6.10. The number of nitrogens with zero attached hydrogens (tertiary/aromatic N) is 1. The Morgan fingerprint density at radius 2 is 1.00 bits per heavy atom. The van der Waals surface area contributed by atoms with Crippen LogP contribution in [0.4, 0.5) is 17.1 Å². The first kappa shape index (κ1) is 24.2. The minimum atomic E-state index is 0.870. The molecule has 198 valence electrons. The van der Waals surface area contributed by atoms with Gasteiger partial charge in [0.05, 0.1) is 5.69 Å². The average Bonchev–Trinajstić information content (AvgIpc) is 3.47. The van der Waals surface area contributed by atoms with Crippen molar-refractivity contribution in [3.63, 3.8) is 0 Å². The first-order valence-electron chi connectivity index (χ1n) is 14.3. The molecule has 42 heavy (non-hydrogen) atoms. The first-order chi connectivity index (χ1) is 20.8. The van der Waals surface area contributed by atoms with E-state index < -0.39 is 0 Å². The molecule has 0 spiro atoms. The highest BCUT2D eigenvalue weighted by molar-refractivity contribution is 6.24. The van der Waals surface area contributed by atoms with Gasteiger partial charge in [0.1, 0.15) is 5.58 Å². The Labute approximate surface area is 244 Å². The van der Waals surface area contributed by atoms with E-state index in [0.29, 0.717) is 0 Å². The Morgan fingerprint density at radius 3 is 1.79 bits per heavy atom. The van der Waals surface area contributed by atoms with E-state index in [1.807, 2.05) is 0 Å². The lowest BCUT2D eigenvalue weighted by Crippen LogP contribution is -2.10. The van der Waals surface area contributed by atoms with Crippen molar-refractivity contribution >= 4 is 49.8 Å². The average molecular weight is 538 g/mol. The molecule has 0 bridgehead atoms. The van der Waals surface area contributed by atoms with E-state index >= 15 is 0 Å². The van der Waals surface area contributed by atoms with Crippen LogP contribution in [0, 0.1) is 0 Å². The normalized spacial score (nSPS) is 11.3. The van der Waals surface area contributed by atoms with Gasteiger partial charge in [-0.25, -0.2) is 0 Å². The van der Waals surface area contributed by atoms with Gasteiger partial charge in [0.2, 0.25) is 0 Å². The monoisotopic (exact) mass is 537 g/mol. The predicted molar refractivity (Wildman–Crippen MR) is 177 cm³/mol. The zero-order valence-electron chi connectivity index (χ0n) is 22.9. The van der Waals surface area contributed by atoms with Crippen molar-refractivity contribution in [1.82, 2.24) is 0 Å². The molecule has 0 fully saturated rings. The molecule has 0 atom stereocenters. The Kier molecular flexibility index (Phi) is 5.82. The molecule has 0 saturated carbocycles. The van der Waals surface area contributed by atoms with Gasteiger partial charge < -0.3 is 9.32 Å². The minimum absolute atomic E-state index is 0.870. The van der Waals surface area contributed by atoms with Crippen LogP contribution >= 0.6 is 0 Å².